The molecular weight excluding hydrogens is 383 g/mol. The number of rotatable bonds is 6. The van der Waals surface area contributed by atoms with Crippen molar-refractivity contribution in [1.82, 2.24) is 0 Å². The van der Waals surface area contributed by atoms with Gasteiger partial charge in [0, 0.05) is 0 Å². The molecule has 12 nitrogen and oxygen atoms in total. The van der Waals surface area contributed by atoms with E-state index in [1.807, 2.05) is 0 Å². The molecule has 0 aromatic heterocycles. The Morgan fingerprint density at radius 1 is 0.500 bits per heavy atom. The summed E-state index contributed by atoms with van der Waals surface area (Å²) in [6.07, 6.45) is 0. The second-order valence-corrected chi connectivity index (χ2v) is 7.75. The van der Waals surface area contributed by atoms with E-state index < -0.39 is 67.4 Å². The summed E-state index contributed by atoms with van der Waals surface area (Å²) in [4.78, 5) is 0. The standard InChI is InChI=1S/3C2H6O4S.Na.H/c3*3-1-2-7(4,5)6;;/h3*3H,1-2H2,(H,4,5,6);;. The van der Waals surface area contributed by atoms with Crippen LogP contribution in [-0.4, -0.2) is 121 Å². The third-order valence-electron chi connectivity index (χ3n) is 1.05. The molecule has 0 rings (SSSR count). The predicted octanol–water partition coefficient (Wildman–Crippen LogP) is -4.05. The van der Waals surface area contributed by atoms with Crippen molar-refractivity contribution in [3.05, 3.63) is 0 Å². The van der Waals surface area contributed by atoms with Crippen LogP contribution in [0.1, 0.15) is 0 Å². The Balaban J connectivity index is -0.000000108. The molecule has 0 bridgehead atoms. The third kappa shape index (κ3) is 49.8. The van der Waals surface area contributed by atoms with Crippen molar-refractivity contribution in [1.29, 1.82) is 0 Å². The van der Waals surface area contributed by atoms with Crippen LogP contribution < -0.4 is 0 Å². The van der Waals surface area contributed by atoms with Crippen LogP contribution in [0, 0.1) is 0 Å². The molecule has 22 heavy (non-hydrogen) atoms. The first-order valence-electron chi connectivity index (χ1n) is 4.86. The fourth-order valence-corrected chi connectivity index (χ4v) is 1.04. The maximum atomic E-state index is 9.63. The molecule has 6 N–H and O–H groups in total. The van der Waals surface area contributed by atoms with Crippen LogP contribution in [0.25, 0.3) is 0 Å². The van der Waals surface area contributed by atoms with Gasteiger partial charge in [-0.25, -0.2) is 0 Å². The van der Waals surface area contributed by atoms with Crippen LogP contribution in [0.15, 0.2) is 0 Å². The maximum absolute atomic E-state index is 9.63. The Labute approximate surface area is 150 Å². The summed E-state index contributed by atoms with van der Waals surface area (Å²) >= 11 is 0. The van der Waals surface area contributed by atoms with Crippen LogP contribution in [0.2, 0.25) is 0 Å². The van der Waals surface area contributed by atoms with Gasteiger partial charge in [-0.3, -0.25) is 13.7 Å². The second-order valence-electron chi connectivity index (χ2n) is 3.03. The Hall–Kier alpha value is 0.610. The average Bonchev–Trinajstić information content (AvgIpc) is 2.12. The van der Waals surface area contributed by atoms with Crippen LogP contribution in [0.5, 0.6) is 0 Å². The van der Waals surface area contributed by atoms with Crippen LogP contribution in [0.4, 0.5) is 0 Å². The first-order valence-corrected chi connectivity index (χ1v) is 9.69. The molecule has 0 unspecified atom stereocenters. The van der Waals surface area contributed by atoms with Crippen molar-refractivity contribution in [3.8, 4) is 0 Å². The zero-order chi connectivity index (χ0) is 17.7. The molecule has 0 saturated heterocycles. The van der Waals surface area contributed by atoms with Crippen molar-refractivity contribution >= 4 is 59.9 Å². The van der Waals surface area contributed by atoms with Gasteiger partial charge in [0.2, 0.25) is 0 Å². The molecule has 0 aliphatic heterocycles. The summed E-state index contributed by atoms with van der Waals surface area (Å²) in [6.45, 7) is -1.59. The van der Waals surface area contributed by atoms with Gasteiger partial charge in [0.05, 0.1) is 37.1 Å². The van der Waals surface area contributed by atoms with Crippen molar-refractivity contribution in [2.45, 2.75) is 0 Å². The number of hydrogen-bond donors (Lipinski definition) is 6. The van der Waals surface area contributed by atoms with Gasteiger partial charge < -0.3 is 15.3 Å². The van der Waals surface area contributed by atoms with Crippen molar-refractivity contribution in [2.24, 2.45) is 0 Å². The van der Waals surface area contributed by atoms with Crippen molar-refractivity contribution in [3.63, 3.8) is 0 Å². The van der Waals surface area contributed by atoms with Gasteiger partial charge in [-0.1, -0.05) is 0 Å². The Morgan fingerprint density at radius 3 is 0.636 bits per heavy atom. The third-order valence-corrected chi connectivity index (χ3v) is 3.14. The van der Waals surface area contributed by atoms with E-state index >= 15 is 0 Å². The van der Waals surface area contributed by atoms with E-state index in [9.17, 15) is 25.3 Å². The molecular formula is C6H19NaO12S3. The summed E-state index contributed by atoms with van der Waals surface area (Å²) < 4.78 is 81.3. The Kier molecular flexibility index (Phi) is 21.0. The molecule has 0 aromatic carbocycles. The monoisotopic (exact) mass is 402 g/mol. The number of hydrogen-bond acceptors (Lipinski definition) is 9. The quantitative estimate of drug-likeness (QED) is 0.184. The van der Waals surface area contributed by atoms with Gasteiger partial charge in [-0.2, -0.15) is 25.3 Å². The molecule has 0 aliphatic rings. The summed E-state index contributed by atoms with van der Waals surface area (Å²) in [5, 5.41) is 23.6. The van der Waals surface area contributed by atoms with Crippen molar-refractivity contribution in [2.75, 3.05) is 37.1 Å². The Morgan fingerprint density at radius 2 is 0.636 bits per heavy atom. The van der Waals surface area contributed by atoms with Gasteiger partial charge in [0.1, 0.15) is 0 Å². The van der Waals surface area contributed by atoms with Crippen LogP contribution in [0.3, 0.4) is 0 Å². The molecule has 0 spiro atoms. The molecule has 0 amide bonds. The first kappa shape index (κ1) is 30.5. The summed E-state index contributed by atoms with van der Waals surface area (Å²) in [5.74, 6) is -1.73. The molecule has 0 aliphatic carbocycles. The van der Waals surface area contributed by atoms with E-state index in [-0.39, 0.29) is 29.6 Å². The van der Waals surface area contributed by atoms with E-state index in [0.717, 1.165) is 0 Å². The molecule has 0 aromatic rings. The zero-order valence-corrected chi connectivity index (χ0v) is 13.0. The number of aliphatic hydroxyl groups excluding tert-OH is 3. The van der Waals surface area contributed by atoms with E-state index in [1.165, 1.54) is 0 Å². The molecule has 0 heterocycles. The number of aliphatic hydroxyl groups is 3. The van der Waals surface area contributed by atoms with E-state index in [0.29, 0.717) is 0 Å². The van der Waals surface area contributed by atoms with E-state index in [4.69, 9.17) is 29.0 Å². The zero-order valence-electron chi connectivity index (χ0n) is 10.6. The topological polar surface area (TPSA) is 224 Å². The molecule has 0 atom stereocenters. The van der Waals surface area contributed by atoms with Gasteiger partial charge in [-0.15, -0.1) is 0 Å². The fourth-order valence-electron chi connectivity index (χ4n) is 0.346. The molecule has 16 heteroatoms. The molecule has 0 saturated carbocycles. The van der Waals surface area contributed by atoms with Crippen LogP contribution >= 0.6 is 0 Å². The normalized spacial score (nSPS) is 11.2. The van der Waals surface area contributed by atoms with E-state index in [1.54, 1.807) is 0 Å². The minimum atomic E-state index is -3.92. The average molecular weight is 402 g/mol. The van der Waals surface area contributed by atoms with Gasteiger partial charge in [0.25, 0.3) is 30.4 Å². The second kappa shape index (κ2) is 15.2. The van der Waals surface area contributed by atoms with Gasteiger partial charge >= 0.3 is 29.6 Å². The molecule has 0 radical (unpaired) electrons. The van der Waals surface area contributed by atoms with E-state index in [2.05, 4.69) is 0 Å². The summed E-state index contributed by atoms with van der Waals surface area (Å²) in [5.41, 5.74) is 0. The van der Waals surface area contributed by atoms with Gasteiger partial charge in [0.15, 0.2) is 0 Å². The molecule has 134 valence electrons. The fraction of sp³-hybridized carbons (Fsp3) is 1.00. The Bertz CT molecular complexity index is 455. The molecule has 0 fully saturated rings. The SMILES string of the molecule is O=S(=O)(O)CCO.O=S(=O)(O)CCO.O=S(=O)(O)CCO.[NaH]. The minimum absolute atomic E-state index is 0. The van der Waals surface area contributed by atoms with Gasteiger partial charge in [-0.05, 0) is 0 Å². The summed E-state index contributed by atoms with van der Waals surface area (Å²) in [7, 11) is -11.8. The summed E-state index contributed by atoms with van der Waals surface area (Å²) in [6, 6.07) is 0. The van der Waals surface area contributed by atoms with Crippen molar-refractivity contribution < 1.29 is 54.2 Å². The van der Waals surface area contributed by atoms with Crippen LogP contribution in [-0.2, 0) is 30.4 Å². The predicted molar refractivity (Wildman–Crippen MR) is 77.7 cm³/mol. The first-order chi connectivity index (χ1) is 9.18.